The summed E-state index contributed by atoms with van der Waals surface area (Å²) in [6.45, 7) is -0.0761. The molecule has 0 bridgehead atoms. The molecule has 2 nitrogen and oxygen atoms in total. The maximum Gasteiger partial charge on any atom is 0.282 e. The summed E-state index contributed by atoms with van der Waals surface area (Å²) < 4.78 is 25.7. The Kier molecular flexibility index (Phi) is 5.13. The monoisotopic (exact) mass is 283 g/mol. The zero-order valence-corrected chi connectivity index (χ0v) is 10.7. The molecule has 0 spiro atoms. The molecule has 1 aromatic rings. The van der Waals surface area contributed by atoms with Gasteiger partial charge in [-0.3, -0.25) is 0 Å². The fourth-order valence-electron chi connectivity index (χ4n) is 1.32. The highest BCUT2D eigenvalue weighted by Gasteiger charge is 2.28. The van der Waals surface area contributed by atoms with Gasteiger partial charge < -0.3 is 10.4 Å². The van der Waals surface area contributed by atoms with Gasteiger partial charge in [0, 0.05) is 16.1 Å². The lowest BCUT2D eigenvalue weighted by molar-refractivity contribution is -0.0490. The van der Waals surface area contributed by atoms with Crippen LogP contribution in [0, 0.1) is 0 Å². The van der Waals surface area contributed by atoms with Gasteiger partial charge in [0.15, 0.2) is 0 Å². The molecule has 0 aliphatic carbocycles. The third-order valence-electron chi connectivity index (χ3n) is 2.33. The van der Waals surface area contributed by atoms with Crippen molar-refractivity contribution >= 4 is 23.2 Å². The van der Waals surface area contributed by atoms with Crippen molar-refractivity contribution in [1.29, 1.82) is 0 Å². The van der Waals surface area contributed by atoms with Crippen molar-refractivity contribution in [3.8, 4) is 0 Å². The Morgan fingerprint density at radius 3 is 2.59 bits per heavy atom. The number of alkyl halides is 2. The number of nitrogens with one attached hydrogen (secondary N) is 1. The summed E-state index contributed by atoms with van der Waals surface area (Å²) >= 11 is 11.7. The van der Waals surface area contributed by atoms with Crippen LogP contribution < -0.4 is 5.32 Å². The van der Waals surface area contributed by atoms with Gasteiger partial charge in [-0.05, 0) is 24.6 Å². The first-order chi connectivity index (χ1) is 7.85. The normalized spacial score (nSPS) is 13.8. The van der Waals surface area contributed by atoms with Crippen LogP contribution in [0.1, 0.15) is 18.5 Å². The molecule has 0 amide bonds. The molecule has 0 saturated heterocycles. The Morgan fingerprint density at radius 2 is 2.06 bits per heavy atom. The van der Waals surface area contributed by atoms with Crippen molar-refractivity contribution in [2.45, 2.75) is 18.9 Å². The van der Waals surface area contributed by atoms with E-state index in [1.807, 2.05) is 0 Å². The van der Waals surface area contributed by atoms with E-state index in [4.69, 9.17) is 28.3 Å². The van der Waals surface area contributed by atoms with Crippen LogP contribution in [-0.2, 0) is 0 Å². The van der Waals surface area contributed by atoms with E-state index in [-0.39, 0.29) is 6.04 Å². The number of halogens is 4. The second kappa shape index (κ2) is 5.96. The van der Waals surface area contributed by atoms with Crippen LogP contribution >= 0.6 is 23.2 Å². The van der Waals surface area contributed by atoms with E-state index in [0.29, 0.717) is 15.6 Å². The van der Waals surface area contributed by atoms with Crippen LogP contribution in [-0.4, -0.2) is 24.2 Å². The predicted octanol–water partition coefficient (Wildman–Crippen LogP) is 3.27. The molecule has 0 saturated carbocycles. The number of rotatable bonds is 5. The van der Waals surface area contributed by atoms with E-state index >= 15 is 0 Å². The van der Waals surface area contributed by atoms with Gasteiger partial charge in [-0.25, -0.2) is 8.78 Å². The topological polar surface area (TPSA) is 32.3 Å². The van der Waals surface area contributed by atoms with Gasteiger partial charge in [0.05, 0.1) is 6.54 Å². The van der Waals surface area contributed by atoms with Gasteiger partial charge in [-0.15, -0.1) is 0 Å². The Morgan fingerprint density at radius 1 is 1.41 bits per heavy atom. The van der Waals surface area contributed by atoms with Crippen molar-refractivity contribution < 1.29 is 13.9 Å². The van der Waals surface area contributed by atoms with E-state index < -0.39 is 19.1 Å². The fraction of sp³-hybridized carbons (Fsp3) is 0.455. The van der Waals surface area contributed by atoms with Gasteiger partial charge in [0.25, 0.3) is 5.92 Å². The lowest BCUT2D eigenvalue weighted by atomic mass is 10.1. The summed E-state index contributed by atoms with van der Waals surface area (Å²) in [6, 6.07) is 4.53. The summed E-state index contributed by atoms with van der Waals surface area (Å²) in [7, 11) is 0. The van der Waals surface area contributed by atoms with Crippen LogP contribution in [0.15, 0.2) is 18.2 Å². The minimum atomic E-state index is -3.13. The van der Waals surface area contributed by atoms with Crippen LogP contribution in [0.3, 0.4) is 0 Å². The smallest absolute Gasteiger partial charge is 0.282 e. The SMILES string of the molecule is CC(NCC(F)(F)CO)c1ccc(Cl)cc1Cl. The van der Waals surface area contributed by atoms with Crippen LogP contribution in [0.4, 0.5) is 8.78 Å². The van der Waals surface area contributed by atoms with Gasteiger partial charge in [-0.2, -0.15) is 0 Å². The molecule has 0 aliphatic heterocycles. The van der Waals surface area contributed by atoms with E-state index in [1.165, 1.54) is 0 Å². The summed E-state index contributed by atoms with van der Waals surface area (Å²) in [6.07, 6.45) is 0. The quantitative estimate of drug-likeness (QED) is 0.869. The van der Waals surface area contributed by atoms with Crippen molar-refractivity contribution in [3.63, 3.8) is 0 Å². The molecule has 6 heteroatoms. The maximum atomic E-state index is 12.8. The Balaban J connectivity index is 2.67. The van der Waals surface area contributed by atoms with Crippen LogP contribution in [0.2, 0.25) is 10.0 Å². The zero-order chi connectivity index (χ0) is 13.1. The van der Waals surface area contributed by atoms with Crippen molar-refractivity contribution in [3.05, 3.63) is 33.8 Å². The zero-order valence-electron chi connectivity index (χ0n) is 9.18. The first-order valence-corrected chi connectivity index (χ1v) is 5.78. The number of aliphatic hydroxyl groups is 1. The molecule has 96 valence electrons. The minimum Gasteiger partial charge on any atom is -0.390 e. The first kappa shape index (κ1) is 14.6. The minimum absolute atomic E-state index is 0.350. The first-order valence-electron chi connectivity index (χ1n) is 5.03. The molecule has 2 N–H and O–H groups in total. The Bertz CT molecular complexity index is 388. The van der Waals surface area contributed by atoms with Crippen molar-refractivity contribution in [2.24, 2.45) is 0 Å². The lowest BCUT2D eigenvalue weighted by Crippen LogP contribution is -2.37. The second-order valence-corrected chi connectivity index (χ2v) is 4.63. The molecule has 1 rings (SSSR count). The summed E-state index contributed by atoms with van der Waals surface area (Å²) in [5.41, 5.74) is 0.685. The molecular formula is C11H13Cl2F2NO. The average molecular weight is 284 g/mol. The number of aliphatic hydroxyl groups excluding tert-OH is 1. The summed E-state index contributed by atoms with van der Waals surface area (Å²) in [5, 5.41) is 12.0. The van der Waals surface area contributed by atoms with Crippen LogP contribution in [0.25, 0.3) is 0 Å². The fourth-order valence-corrected chi connectivity index (χ4v) is 1.89. The van der Waals surface area contributed by atoms with Gasteiger partial charge in [0.1, 0.15) is 6.61 Å². The number of hydrogen-bond acceptors (Lipinski definition) is 2. The van der Waals surface area contributed by atoms with Crippen molar-refractivity contribution in [1.82, 2.24) is 5.32 Å². The van der Waals surface area contributed by atoms with E-state index in [2.05, 4.69) is 5.32 Å². The molecule has 17 heavy (non-hydrogen) atoms. The van der Waals surface area contributed by atoms with Crippen molar-refractivity contribution in [2.75, 3.05) is 13.2 Å². The molecule has 1 atom stereocenters. The van der Waals surface area contributed by atoms with E-state index in [1.54, 1.807) is 25.1 Å². The largest absolute Gasteiger partial charge is 0.390 e. The summed E-state index contributed by atoms with van der Waals surface area (Å²) in [5.74, 6) is -3.13. The number of benzene rings is 1. The number of hydrogen-bond donors (Lipinski definition) is 2. The standard InChI is InChI=1S/C11H13Cl2F2NO/c1-7(16-5-11(14,15)6-17)9-3-2-8(12)4-10(9)13/h2-4,7,16-17H,5-6H2,1H3. The highest BCUT2D eigenvalue weighted by atomic mass is 35.5. The van der Waals surface area contributed by atoms with Crippen LogP contribution in [0.5, 0.6) is 0 Å². The highest BCUT2D eigenvalue weighted by molar-refractivity contribution is 6.35. The third kappa shape index (κ3) is 4.39. The summed E-state index contributed by atoms with van der Waals surface area (Å²) in [4.78, 5) is 0. The third-order valence-corrected chi connectivity index (χ3v) is 2.89. The molecule has 1 unspecified atom stereocenters. The molecule has 1 aromatic carbocycles. The van der Waals surface area contributed by atoms with Gasteiger partial charge in [0.2, 0.25) is 0 Å². The van der Waals surface area contributed by atoms with E-state index in [0.717, 1.165) is 0 Å². The molecule has 0 heterocycles. The molecular weight excluding hydrogens is 271 g/mol. The highest BCUT2D eigenvalue weighted by Crippen LogP contribution is 2.26. The molecule has 0 aromatic heterocycles. The lowest BCUT2D eigenvalue weighted by Gasteiger charge is -2.20. The van der Waals surface area contributed by atoms with Gasteiger partial charge >= 0.3 is 0 Å². The van der Waals surface area contributed by atoms with Gasteiger partial charge in [-0.1, -0.05) is 29.3 Å². The predicted molar refractivity (Wildman–Crippen MR) is 64.9 cm³/mol. The maximum absolute atomic E-state index is 12.8. The second-order valence-electron chi connectivity index (χ2n) is 3.78. The van der Waals surface area contributed by atoms with E-state index in [9.17, 15) is 8.78 Å². The molecule has 0 radical (unpaired) electrons. The Labute approximate surface area is 109 Å². The Hall–Kier alpha value is -0.420. The molecule has 0 aliphatic rings. The average Bonchev–Trinajstić information content (AvgIpc) is 2.26. The molecule has 0 fully saturated rings.